The largest absolute Gasteiger partial charge is 0.209 e. The maximum absolute atomic E-state index is 2.25. The van der Waals surface area contributed by atoms with Crippen LogP contribution in [0.5, 0.6) is 0 Å². The summed E-state index contributed by atoms with van der Waals surface area (Å²) in [4.78, 5) is 0. The van der Waals surface area contributed by atoms with Crippen LogP contribution in [0.3, 0.4) is 0 Å². The molecule has 0 radical (unpaired) electrons. The van der Waals surface area contributed by atoms with Gasteiger partial charge in [0.15, 0.2) is 7.05 Å². The number of rotatable bonds is 2. The third kappa shape index (κ3) is 1.62. The van der Waals surface area contributed by atoms with Crippen LogP contribution in [0.15, 0.2) is 0 Å². The van der Waals surface area contributed by atoms with Crippen molar-refractivity contribution in [3.8, 4) is 0 Å². The van der Waals surface area contributed by atoms with E-state index in [0.717, 1.165) is 0 Å². The zero-order chi connectivity index (χ0) is 10.2. The molecule has 0 aliphatic rings. The Morgan fingerprint density at radius 3 is 2.08 bits per heavy atom. The molecule has 0 saturated heterocycles. The lowest BCUT2D eigenvalue weighted by Crippen LogP contribution is -2.38. The Morgan fingerprint density at radius 2 is 1.85 bits per heavy atom. The molecule has 1 aromatic heterocycles. The van der Waals surface area contributed by atoms with Crippen molar-refractivity contribution in [1.29, 1.82) is 0 Å². The minimum absolute atomic E-state index is 0.611. The van der Waals surface area contributed by atoms with Gasteiger partial charge in [-0.2, -0.15) is 0 Å². The summed E-state index contributed by atoms with van der Waals surface area (Å²) in [5, 5.41) is 0. The van der Waals surface area contributed by atoms with Gasteiger partial charge in [-0.3, -0.25) is 0 Å². The van der Waals surface area contributed by atoms with Crippen molar-refractivity contribution in [2.75, 3.05) is 6.26 Å². The first-order valence-corrected chi connectivity index (χ1v) is 5.81. The van der Waals surface area contributed by atoms with E-state index in [0.29, 0.717) is 5.92 Å². The summed E-state index contributed by atoms with van der Waals surface area (Å²) < 4.78 is 4.46. The molecule has 0 saturated carbocycles. The van der Waals surface area contributed by atoms with E-state index in [1.165, 1.54) is 17.0 Å². The first-order valence-electron chi connectivity index (χ1n) is 4.63. The maximum atomic E-state index is 2.25. The lowest BCUT2D eigenvalue weighted by molar-refractivity contribution is -0.741. The summed E-state index contributed by atoms with van der Waals surface area (Å²) in [5.41, 5.74) is 4.24. The molecule has 0 amide bonds. The van der Waals surface area contributed by atoms with E-state index in [2.05, 4.69) is 49.8 Å². The second-order valence-electron chi connectivity index (χ2n) is 3.72. The van der Waals surface area contributed by atoms with E-state index in [1.807, 2.05) is 0 Å². The van der Waals surface area contributed by atoms with Crippen LogP contribution in [0.1, 0.15) is 36.7 Å². The summed E-state index contributed by atoms with van der Waals surface area (Å²) in [7, 11) is 2.12. The lowest BCUT2D eigenvalue weighted by atomic mass is 10.0. The van der Waals surface area contributed by atoms with Gasteiger partial charge in [-0.05, 0) is 12.8 Å². The van der Waals surface area contributed by atoms with Crippen LogP contribution in [0.2, 0.25) is 0 Å². The van der Waals surface area contributed by atoms with Gasteiger partial charge < -0.3 is 0 Å². The Hall–Kier alpha value is -0.440. The van der Waals surface area contributed by atoms with Crippen molar-refractivity contribution >= 4 is 11.9 Å². The molecular weight excluding hydrogens is 180 g/mol. The van der Waals surface area contributed by atoms with Gasteiger partial charge in [-0.25, -0.2) is 0 Å². The summed E-state index contributed by atoms with van der Waals surface area (Å²) in [6.07, 6.45) is 2.11. The molecule has 13 heavy (non-hydrogen) atoms. The topological polar surface area (TPSA) is 8.81 Å². The highest BCUT2D eigenvalue weighted by Crippen LogP contribution is 2.22. The second-order valence-corrected chi connectivity index (χ2v) is 4.43. The number of aromatic nitrogens is 2. The fourth-order valence-electron chi connectivity index (χ4n) is 2.00. The van der Waals surface area contributed by atoms with Crippen LogP contribution in [-0.2, 0) is 7.05 Å². The molecule has 0 aromatic carbocycles. The third-order valence-corrected chi connectivity index (χ3v) is 3.44. The van der Waals surface area contributed by atoms with Gasteiger partial charge in [0.25, 0.3) is 0 Å². The van der Waals surface area contributed by atoms with Crippen molar-refractivity contribution < 1.29 is 4.68 Å². The highest BCUT2D eigenvalue weighted by Gasteiger charge is 2.23. The molecule has 0 aliphatic carbocycles. The van der Waals surface area contributed by atoms with E-state index in [-0.39, 0.29) is 0 Å². The van der Waals surface area contributed by atoms with E-state index in [9.17, 15) is 0 Å². The van der Waals surface area contributed by atoms with E-state index >= 15 is 0 Å². The smallest absolute Gasteiger partial charge is 0.105 e. The standard InChI is InChI=1S/C10H19N2S/c1-7(2)10-8(3)11(5)12(13-6)9(10)4/h7H,1-6H3/q+1. The molecule has 2 nitrogen and oxygen atoms in total. The zero-order valence-electron chi connectivity index (χ0n) is 9.38. The van der Waals surface area contributed by atoms with Crippen molar-refractivity contribution in [3.63, 3.8) is 0 Å². The average molecular weight is 199 g/mol. The number of nitrogens with zero attached hydrogens (tertiary/aromatic N) is 2. The molecule has 1 heterocycles. The van der Waals surface area contributed by atoms with Gasteiger partial charge in [0, 0.05) is 30.7 Å². The highest BCUT2D eigenvalue weighted by molar-refractivity contribution is 7.96. The zero-order valence-corrected chi connectivity index (χ0v) is 10.2. The monoisotopic (exact) mass is 199 g/mol. The molecule has 0 atom stereocenters. The Morgan fingerprint density at radius 1 is 1.31 bits per heavy atom. The summed E-state index contributed by atoms with van der Waals surface area (Å²) in [5.74, 6) is 0.611. The van der Waals surface area contributed by atoms with Gasteiger partial charge >= 0.3 is 0 Å². The molecule has 1 aromatic rings. The third-order valence-electron chi connectivity index (χ3n) is 2.57. The summed E-state index contributed by atoms with van der Waals surface area (Å²) in [6.45, 7) is 8.88. The maximum Gasteiger partial charge on any atom is 0.209 e. The fourth-order valence-corrected chi connectivity index (χ4v) is 2.73. The lowest BCUT2D eigenvalue weighted by Gasteiger charge is -2.00. The Labute approximate surface area is 85.1 Å². The number of hydrogen-bond acceptors (Lipinski definition) is 1. The van der Waals surface area contributed by atoms with Gasteiger partial charge in [-0.1, -0.05) is 17.9 Å². The van der Waals surface area contributed by atoms with Crippen LogP contribution in [0, 0.1) is 13.8 Å². The van der Waals surface area contributed by atoms with Crippen molar-refractivity contribution in [2.24, 2.45) is 7.05 Å². The highest BCUT2D eigenvalue weighted by atomic mass is 32.2. The van der Waals surface area contributed by atoms with Crippen LogP contribution in [-0.4, -0.2) is 10.3 Å². The van der Waals surface area contributed by atoms with Crippen molar-refractivity contribution in [3.05, 3.63) is 17.0 Å². The molecule has 0 fully saturated rings. The predicted molar refractivity (Wildman–Crippen MR) is 58.1 cm³/mol. The molecule has 0 unspecified atom stereocenters. The summed E-state index contributed by atoms with van der Waals surface area (Å²) >= 11 is 1.75. The molecule has 0 N–H and O–H groups in total. The molecular formula is C10H19N2S+. The van der Waals surface area contributed by atoms with E-state index < -0.39 is 0 Å². The normalized spacial score (nSPS) is 11.3. The fraction of sp³-hybridized carbons (Fsp3) is 0.700. The van der Waals surface area contributed by atoms with E-state index in [4.69, 9.17) is 0 Å². The minimum Gasteiger partial charge on any atom is -0.105 e. The Balaban J connectivity index is 3.36. The Bertz CT molecular complexity index is 313. The van der Waals surface area contributed by atoms with E-state index in [1.54, 1.807) is 11.9 Å². The van der Waals surface area contributed by atoms with Crippen LogP contribution in [0.25, 0.3) is 0 Å². The van der Waals surface area contributed by atoms with Crippen LogP contribution >= 0.6 is 11.9 Å². The minimum atomic E-state index is 0.611. The van der Waals surface area contributed by atoms with Gasteiger partial charge in [0.05, 0.1) is 5.69 Å². The van der Waals surface area contributed by atoms with Crippen LogP contribution in [0.4, 0.5) is 0 Å². The Kier molecular flexibility index (Phi) is 3.06. The SMILES string of the molecule is CSn1c(C)c(C(C)C)c(C)[n+]1C. The first kappa shape index (κ1) is 10.6. The summed E-state index contributed by atoms with van der Waals surface area (Å²) in [6, 6.07) is 0. The van der Waals surface area contributed by atoms with Gasteiger partial charge in [0.1, 0.15) is 0 Å². The number of hydrogen-bond donors (Lipinski definition) is 0. The molecule has 0 aliphatic heterocycles. The van der Waals surface area contributed by atoms with Crippen molar-refractivity contribution in [1.82, 2.24) is 4.09 Å². The second kappa shape index (κ2) is 3.74. The molecule has 1 rings (SSSR count). The first-order chi connectivity index (χ1) is 6.00. The van der Waals surface area contributed by atoms with Gasteiger partial charge in [0.2, 0.25) is 5.69 Å². The molecule has 0 bridgehead atoms. The predicted octanol–water partition coefficient (Wildman–Crippen LogP) is 2.18. The van der Waals surface area contributed by atoms with Gasteiger partial charge in [-0.15, -0.1) is 4.68 Å². The van der Waals surface area contributed by atoms with Crippen molar-refractivity contribution in [2.45, 2.75) is 33.6 Å². The average Bonchev–Trinajstić information content (AvgIpc) is 2.24. The quantitative estimate of drug-likeness (QED) is 0.663. The van der Waals surface area contributed by atoms with Crippen LogP contribution < -0.4 is 4.68 Å². The molecule has 74 valence electrons. The molecule has 3 heteroatoms. The molecule has 0 spiro atoms.